The highest BCUT2D eigenvalue weighted by atomic mass is 16.5. The van der Waals surface area contributed by atoms with Crippen molar-refractivity contribution in [1.82, 2.24) is 10.2 Å². The number of hydrogen-bond acceptors (Lipinski definition) is 9. The fraction of sp³-hybridized carbons (Fsp3) is 0.686. The predicted octanol–water partition coefficient (Wildman–Crippen LogP) is 5.38. The number of benzene rings is 1. The zero-order valence-corrected chi connectivity index (χ0v) is 26.2. The largest absolute Gasteiger partial charge is 0.493 e. The van der Waals surface area contributed by atoms with Crippen LogP contribution in [0.25, 0.3) is 22.4 Å². The third-order valence-electron chi connectivity index (χ3n) is 13.0. The maximum atomic E-state index is 12.8. The minimum atomic E-state index is -0.561. The number of fused-ring (bicyclic) bond motifs is 6. The quantitative estimate of drug-likeness (QED) is 0.316. The Hall–Kier alpha value is -2.75. The summed E-state index contributed by atoms with van der Waals surface area (Å²) >= 11 is 0. The molecule has 1 aromatic carbocycles. The summed E-state index contributed by atoms with van der Waals surface area (Å²) < 4.78 is 16.8. The summed E-state index contributed by atoms with van der Waals surface area (Å²) in [5.41, 5.74) is -0.153. The smallest absolute Gasteiger partial charge is 0.349 e. The Morgan fingerprint density at radius 2 is 1.86 bits per heavy atom. The molecule has 4 fully saturated rings. The normalized spacial score (nSPS) is 39.0. The van der Waals surface area contributed by atoms with Crippen LogP contribution in [0.5, 0.6) is 5.75 Å². The van der Waals surface area contributed by atoms with Crippen LogP contribution in [-0.4, -0.2) is 50.9 Å². The van der Waals surface area contributed by atoms with Gasteiger partial charge in [0.25, 0.3) is 5.89 Å². The van der Waals surface area contributed by atoms with Gasteiger partial charge in [0, 0.05) is 11.8 Å². The van der Waals surface area contributed by atoms with Gasteiger partial charge in [-0.2, -0.15) is 0 Å². The van der Waals surface area contributed by atoms with Crippen molar-refractivity contribution in [3.8, 4) is 17.2 Å². The average Bonchev–Trinajstić information content (AvgIpc) is 3.62. The van der Waals surface area contributed by atoms with Gasteiger partial charge < -0.3 is 28.9 Å². The molecule has 4 saturated carbocycles. The topological polar surface area (TPSA) is 139 Å². The molecule has 0 aliphatic heterocycles. The number of ether oxygens (including phenoxy) is 1. The lowest BCUT2D eigenvalue weighted by Crippen LogP contribution is -2.62. The first-order chi connectivity index (χ1) is 21.0. The Kier molecular flexibility index (Phi) is 7.45. The van der Waals surface area contributed by atoms with E-state index in [2.05, 4.69) is 31.0 Å². The van der Waals surface area contributed by atoms with Crippen molar-refractivity contribution in [3.05, 3.63) is 40.6 Å². The molecule has 0 amide bonds. The minimum Gasteiger partial charge on any atom is -0.493 e. The number of rotatable bonds is 6. The van der Waals surface area contributed by atoms with E-state index in [9.17, 15) is 20.1 Å². The van der Waals surface area contributed by atoms with E-state index in [1.165, 1.54) is 7.11 Å². The molecule has 0 spiro atoms. The third kappa shape index (κ3) is 4.56. The molecular formula is C35H46N2O7. The molecule has 9 heteroatoms. The number of hydrogen-bond donors (Lipinski definition) is 3. The van der Waals surface area contributed by atoms with Crippen molar-refractivity contribution in [3.63, 3.8) is 0 Å². The molecule has 4 unspecified atom stereocenters. The molecule has 11 atom stereocenters. The van der Waals surface area contributed by atoms with Gasteiger partial charge in [-0.15, -0.1) is 10.2 Å². The summed E-state index contributed by atoms with van der Waals surface area (Å²) in [6.07, 6.45) is 6.45. The second-order valence-electron chi connectivity index (χ2n) is 14.9. The van der Waals surface area contributed by atoms with Crippen LogP contribution in [0.2, 0.25) is 0 Å². The number of aromatic nitrogens is 2. The minimum absolute atomic E-state index is 0.0686. The van der Waals surface area contributed by atoms with Gasteiger partial charge in [-0.25, -0.2) is 4.79 Å². The van der Waals surface area contributed by atoms with Gasteiger partial charge in [0.2, 0.25) is 5.89 Å². The van der Waals surface area contributed by atoms with Crippen LogP contribution in [0.3, 0.4) is 0 Å². The van der Waals surface area contributed by atoms with Gasteiger partial charge in [0.15, 0.2) is 11.3 Å². The lowest BCUT2D eigenvalue weighted by molar-refractivity contribution is -0.207. The molecule has 2 aromatic heterocycles. The highest BCUT2D eigenvalue weighted by molar-refractivity contribution is 5.85. The van der Waals surface area contributed by atoms with Gasteiger partial charge in [-0.1, -0.05) is 32.9 Å². The van der Waals surface area contributed by atoms with E-state index in [-0.39, 0.29) is 52.2 Å². The van der Waals surface area contributed by atoms with E-state index in [1.54, 1.807) is 12.1 Å². The van der Waals surface area contributed by atoms with E-state index in [0.717, 1.165) is 51.4 Å². The third-order valence-corrected chi connectivity index (χ3v) is 13.0. The highest BCUT2D eigenvalue weighted by Crippen LogP contribution is 2.68. The molecule has 4 aliphatic carbocycles. The van der Waals surface area contributed by atoms with Crippen LogP contribution in [0, 0.1) is 46.3 Å². The Morgan fingerprint density at radius 3 is 2.66 bits per heavy atom. The Labute approximate surface area is 258 Å². The second kappa shape index (κ2) is 11.0. The first kappa shape index (κ1) is 29.9. The summed E-state index contributed by atoms with van der Waals surface area (Å²) in [4.78, 5) is 12.8. The van der Waals surface area contributed by atoms with Crippen molar-refractivity contribution in [2.75, 3.05) is 7.11 Å². The number of para-hydroxylation sites is 1. The van der Waals surface area contributed by atoms with Crippen LogP contribution in [0.15, 0.2) is 37.9 Å². The number of aryl methyl sites for hydroxylation is 1. The van der Waals surface area contributed by atoms with Crippen molar-refractivity contribution in [1.29, 1.82) is 0 Å². The zero-order chi connectivity index (χ0) is 31.0. The molecule has 0 bridgehead atoms. The summed E-state index contributed by atoms with van der Waals surface area (Å²) in [6.45, 7) is 6.91. The van der Waals surface area contributed by atoms with Crippen LogP contribution in [0.1, 0.15) is 78.0 Å². The molecule has 0 radical (unpaired) electrons. The van der Waals surface area contributed by atoms with E-state index < -0.39 is 11.7 Å². The zero-order valence-electron chi connectivity index (χ0n) is 26.2. The molecule has 4 aliphatic rings. The summed E-state index contributed by atoms with van der Waals surface area (Å²) in [7, 11) is 1.53. The van der Waals surface area contributed by atoms with Crippen molar-refractivity contribution in [2.45, 2.75) is 96.9 Å². The predicted molar refractivity (Wildman–Crippen MR) is 164 cm³/mol. The van der Waals surface area contributed by atoms with Crippen molar-refractivity contribution < 1.29 is 28.9 Å². The summed E-state index contributed by atoms with van der Waals surface area (Å²) in [6, 6.07) is 7.10. The number of methoxy groups -OCH3 is 1. The Bertz CT molecular complexity index is 1580. The molecule has 9 nitrogen and oxygen atoms in total. The van der Waals surface area contributed by atoms with E-state index in [4.69, 9.17) is 13.6 Å². The number of aliphatic hydroxyl groups excluding tert-OH is 3. The maximum absolute atomic E-state index is 12.8. The Morgan fingerprint density at radius 1 is 1.05 bits per heavy atom. The van der Waals surface area contributed by atoms with Crippen molar-refractivity contribution in [2.24, 2.45) is 46.3 Å². The SMILES string of the molecule is COc1cccc2cc(-c3nnc(CC[C@@H](C)[C@H]4CCC5C6C(C[C@H](O)[C@@]54C)[C@@]4(C)CC[C@@H](O)CC4C[C@H]6O)o3)c(=O)oc12. The van der Waals surface area contributed by atoms with Gasteiger partial charge in [-0.3, -0.25) is 0 Å². The van der Waals surface area contributed by atoms with Crippen LogP contribution in [0.4, 0.5) is 0 Å². The van der Waals surface area contributed by atoms with Gasteiger partial charge in [-0.05, 0) is 110 Å². The average molecular weight is 607 g/mol. The first-order valence-electron chi connectivity index (χ1n) is 16.5. The van der Waals surface area contributed by atoms with Crippen LogP contribution in [-0.2, 0) is 6.42 Å². The molecule has 0 saturated heterocycles. The molecular weight excluding hydrogens is 560 g/mol. The molecule has 7 rings (SSSR count). The van der Waals surface area contributed by atoms with Crippen LogP contribution >= 0.6 is 0 Å². The lowest BCUT2D eigenvalue weighted by atomic mass is 9.43. The van der Waals surface area contributed by atoms with E-state index in [1.807, 2.05) is 12.1 Å². The van der Waals surface area contributed by atoms with Crippen molar-refractivity contribution >= 4 is 11.0 Å². The number of nitrogens with zero attached hydrogens (tertiary/aromatic N) is 2. The molecule has 44 heavy (non-hydrogen) atoms. The van der Waals surface area contributed by atoms with Gasteiger partial charge in [0.1, 0.15) is 5.56 Å². The van der Waals surface area contributed by atoms with E-state index >= 15 is 0 Å². The fourth-order valence-corrected chi connectivity index (χ4v) is 10.6. The summed E-state index contributed by atoms with van der Waals surface area (Å²) in [5, 5.41) is 42.9. The lowest BCUT2D eigenvalue weighted by Gasteiger charge is -2.63. The van der Waals surface area contributed by atoms with Crippen LogP contribution < -0.4 is 10.4 Å². The van der Waals surface area contributed by atoms with E-state index in [0.29, 0.717) is 46.8 Å². The van der Waals surface area contributed by atoms with Gasteiger partial charge >= 0.3 is 5.63 Å². The summed E-state index contributed by atoms with van der Waals surface area (Å²) in [5.74, 6) is 2.81. The standard InChI is InChI=1S/C35H46N2O7/c1-18(8-11-29-36-37-32(43-29)22-14-19-6-5-7-27(42-4)31(19)44-33(22)41)23-9-10-24-30-25(17-28(40)35(23,24)3)34(2)13-12-21(38)15-20(34)16-26(30)39/h5-7,14,18,20-21,23-26,28,30,38-40H,8-13,15-17H2,1-4H3/t18-,20?,21-,23-,24?,25?,26-,28+,30?,34+,35-/m1/s1. The number of aliphatic hydroxyl groups is 3. The molecule has 2 heterocycles. The fourth-order valence-electron chi connectivity index (χ4n) is 10.6. The highest BCUT2D eigenvalue weighted by Gasteiger charge is 2.65. The Balaban J connectivity index is 1.06. The molecule has 3 aromatic rings. The molecule has 238 valence electrons. The first-order valence-corrected chi connectivity index (χ1v) is 16.5. The van der Waals surface area contributed by atoms with Gasteiger partial charge in [0.05, 0.1) is 25.4 Å². The molecule has 3 N–H and O–H groups in total. The maximum Gasteiger partial charge on any atom is 0.349 e. The monoisotopic (exact) mass is 606 g/mol. The second-order valence-corrected chi connectivity index (χ2v) is 14.9.